The van der Waals surface area contributed by atoms with Gasteiger partial charge in [-0.1, -0.05) is 21.3 Å². The molecule has 0 unspecified atom stereocenters. The average Bonchev–Trinajstić information content (AvgIpc) is 2.18. The lowest BCUT2D eigenvalue weighted by molar-refractivity contribution is -0.132. The molecule has 0 aliphatic carbocycles. The summed E-state index contributed by atoms with van der Waals surface area (Å²) in [4.78, 5) is 15.7. The van der Waals surface area contributed by atoms with Crippen molar-refractivity contribution in [1.82, 2.24) is 9.80 Å². The normalized spacial score (nSPS) is 17.7. The van der Waals surface area contributed by atoms with Gasteiger partial charge < -0.3 is 4.90 Å². The van der Waals surface area contributed by atoms with Crippen molar-refractivity contribution in [3.63, 3.8) is 0 Å². The van der Waals surface area contributed by atoms with Gasteiger partial charge in [0.25, 0.3) is 0 Å². The highest BCUT2D eigenvalue weighted by Gasteiger charge is 2.18. The molecule has 0 aromatic rings. The summed E-state index contributed by atoms with van der Waals surface area (Å²) in [6.07, 6.45) is 1.86. The van der Waals surface area contributed by atoms with Crippen LogP contribution in [0.15, 0.2) is 0 Å². The van der Waals surface area contributed by atoms with Crippen LogP contribution in [0, 0.1) is 0 Å². The number of amides is 1. The molecule has 14 heavy (non-hydrogen) atoms. The molecule has 0 atom stereocenters. The highest BCUT2D eigenvalue weighted by molar-refractivity contribution is 5.75. The van der Waals surface area contributed by atoms with Gasteiger partial charge in [0.15, 0.2) is 0 Å². The fourth-order valence-corrected chi connectivity index (χ4v) is 1.76. The maximum Gasteiger partial charge on any atom is 0.222 e. The highest BCUT2D eigenvalue weighted by Crippen LogP contribution is 2.03. The van der Waals surface area contributed by atoms with Crippen LogP contribution in [0.2, 0.25) is 0 Å². The van der Waals surface area contributed by atoms with Crippen molar-refractivity contribution in [2.24, 2.45) is 0 Å². The predicted octanol–water partition coefficient (Wildman–Crippen LogP) is 1.59. The van der Waals surface area contributed by atoms with Crippen LogP contribution in [-0.2, 0) is 4.79 Å². The lowest BCUT2D eigenvalue weighted by Gasteiger charge is -2.34. The molecule has 3 heteroatoms. The lowest BCUT2D eigenvalue weighted by Crippen LogP contribution is -2.48. The molecule has 0 radical (unpaired) electrons. The molecular weight excluding hydrogens is 176 g/mol. The highest BCUT2D eigenvalue weighted by atomic mass is 16.2. The number of piperazine rings is 1. The zero-order valence-electron chi connectivity index (χ0n) is 8.75. The summed E-state index contributed by atoms with van der Waals surface area (Å²) in [5, 5.41) is 0. The number of nitrogens with zero attached hydrogens (tertiary/aromatic N) is 2. The average molecular weight is 200 g/mol. The molecule has 0 aromatic carbocycles. The minimum absolute atomic E-state index is 0. The first-order valence-corrected chi connectivity index (χ1v) is 5.28. The molecule has 3 nitrogen and oxygen atoms in total. The molecular formula is C11H24N2O. The molecule has 0 spiro atoms. The molecule has 0 bridgehead atoms. The first-order chi connectivity index (χ1) is 6.27. The number of rotatable bonds is 3. The first-order valence-electron chi connectivity index (χ1n) is 5.28. The van der Waals surface area contributed by atoms with Crippen LogP contribution in [0.5, 0.6) is 0 Å². The lowest BCUT2D eigenvalue weighted by atomic mass is 10.2. The van der Waals surface area contributed by atoms with Gasteiger partial charge in [-0.3, -0.25) is 9.69 Å². The van der Waals surface area contributed by atoms with Gasteiger partial charge in [0.1, 0.15) is 0 Å². The van der Waals surface area contributed by atoms with Gasteiger partial charge in [-0.05, 0) is 13.0 Å². The van der Waals surface area contributed by atoms with Crippen LogP contribution in [0.4, 0.5) is 0 Å². The zero-order valence-corrected chi connectivity index (χ0v) is 8.75. The van der Waals surface area contributed by atoms with Gasteiger partial charge in [-0.2, -0.15) is 0 Å². The number of hydrogen-bond donors (Lipinski definition) is 0. The van der Waals surface area contributed by atoms with E-state index in [-0.39, 0.29) is 7.43 Å². The van der Waals surface area contributed by atoms with Crippen molar-refractivity contribution in [1.29, 1.82) is 0 Å². The second-order valence-corrected chi connectivity index (χ2v) is 3.58. The number of carbonyl (C=O) groups is 1. The van der Waals surface area contributed by atoms with Crippen molar-refractivity contribution in [3.05, 3.63) is 0 Å². The smallest absolute Gasteiger partial charge is 0.222 e. The van der Waals surface area contributed by atoms with Crippen LogP contribution in [0.25, 0.3) is 0 Å². The minimum Gasteiger partial charge on any atom is -0.340 e. The number of carbonyl (C=O) groups excluding carboxylic acids is 1. The van der Waals surface area contributed by atoms with E-state index < -0.39 is 0 Å². The van der Waals surface area contributed by atoms with E-state index in [1.54, 1.807) is 0 Å². The molecule has 1 amide bonds. The third kappa shape index (κ3) is 3.66. The van der Waals surface area contributed by atoms with Gasteiger partial charge in [0.05, 0.1) is 0 Å². The van der Waals surface area contributed by atoms with E-state index in [2.05, 4.69) is 11.8 Å². The molecule has 1 rings (SSSR count). The Morgan fingerprint density at radius 3 is 2.14 bits per heavy atom. The van der Waals surface area contributed by atoms with Crippen molar-refractivity contribution >= 4 is 5.91 Å². The second-order valence-electron chi connectivity index (χ2n) is 3.58. The standard InChI is InChI=1S/C10H20N2O.CH4/c1-3-5-11-6-8-12(9-7-11)10(13)4-2;/h3-9H2,1-2H3;1H4. The number of hydrogen-bond acceptors (Lipinski definition) is 2. The summed E-state index contributed by atoms with van der Waals surface area (Å²) in [5.74, 6) is 0.302. The van der Waals surface area contributed by atoms with Crippen LogP contribution in [0.3, 0.4) is 0 Å². The van der Waals surface area contributed by atoms with Gasteiger partial charge in [-0.25, -0.2) is 0 Å². The van der Waals surface area contributed by atoms with Crippen molar-refractivity contribution < 1.29 is 4.79 Å². The molecule has 1 aliphatic heterocycles. The van der Waals surface area contributed by atoms with E-state index in [0.717, 1.165) is 26.2 Å². The molecule has 1 fully saturated rings. The third-order valence-electron chi connectivity index (χ3n) is 2.57. The molecule has 1 heterocycles. The molecule has 1 saturated heterocycles. The monoisotopic (exact) mass is 200 g/mol. The van der Waals surface area contributed by atoms with E-state index in [1.807, 2.05) is 11.8 Å². The maximum absolute atomic E-state index is 11.3. The van der Waals surface area contributed by atoms with Gasteiger partial charge in [0, 0.05) is 32.6 Å². The Morgan fingerprint density at radius 1 is 1.14 bits per heavy atom. The fourth-order valence-electron chi connectivity index (χ4n) is 1.76. The first kappa shape index (κ1) is 13.4. The fraction of sp³-hybridized carbons (Fsp3) is 0.909. The Balaban J connectivity index is 0.00000169. The summed E-state index contributed by atoms with van der Waals surface area (Å²) in [7, 11) is 0. The van der Waals surface area contributed by atoms with Crippen LogP contribution in [-0.4, -0.2) is 48.4 Å². The Bertz CT molecular complexity index is 163. The van der Waals surface area contributed by atoms with Crippen molar-refractivity contribution in [3.8, 4) is 0 Å². The van der Waals surface area contributed by atoms with E-state index >= 15 is 0 Å². The van der Waals surface area contributed by atoms with E-state index in [1.165, 1.54) is 13.0 Å². The summed E-state index contributed by atoms with van der Waals surface area (Å²) in [5.41, 5.74) is 0. The quantitative estimate of drug-likeness (QED) is 0.690. The van der Waals surface area contributed by atoms with Crippen molar-refractivity contribution in [2.45, 2.75) is 34.1 Å². The van der Waals surface area contributed by atoms with Gasteiger partial charge in [0.2, 0.25) is 5.91 Å². The summed E-state index contributed by atoms with van der Waals surface area (Å²) in [6.45, 7) is 9.26. The Kier molecular flexibility index (Phi) is 6.54. The van der Waals surface area contributed by atoms with Crippen molar-refractivity contribution in [2.75, 3.05) is 32.7 Å². The molecule has 0 aromatic heterocycles. The zero-order chi connectivity index (χ0) is 9.68. The molecule has 84 valence electrons. The second kappa shape index (κ2) is 6.82. The van der Waals surface area contributed by atoms with E-state index in [4.69, 9.17) is 0 Å². The molecule has 0 saturated carbocycles. The summed E-state index contributed by atoms with van der Waals surface area (Å²) < 4.78 is 0. The Hall–Kier alpha value is -0.570. The minimum atomic E-state index is 0. The van der Waals surface area contributed by atoms with Gasteiger partial charge in [-0.15, -0.1) is 0 Å². The third-order valence-corrected chi connectivity index (χ3v) is 2.57. The Morgan fingerprint density at radius 2 is 1.71 bits per heavy atom. The largest absolute Gasteiger partial charge is 0.340 e. The van der Waals surface area contributed by atoms with Crippen LogP contribution >= 0.6 is 0 Å². The SMILES string of the molecule is C.CCCN1CCN(C(=O)CC)CC1. The van der Waals surface area contributed by atoms with Crippen LogP contribution in [0.1, 0.15) is 34.1 Å². The topological polar surface area (TPSA) is 23.6 Å². The predicted molar refractivity (Wildman–Crippen MR) is 60.3 cm³/mol. The maximum atomic E-state index is 11.3. The van der Waals surface area contributed by atoms with Crippen LogP contribution < -0.4 is 0 Å². The van der Waals surface area contributed by atoms with E-state index in [0.29, 0.717) is 12.3 Å². The summed E-state index contributed by atoms with van der Waals surface area (Å²) in [6, 6.07) is 0. The van der Waals surface area contributed by atoms with E-state index in [9.17, 15) is 4.79 Å². The molecule has 0 N–H and O–H groups in total. The summed E-state index contributed by atoms with van der Waals surface area (Å²) >= 11 is 0. The van der Waals surface area contributed by atoms with Gasteiger partial charge >= 0.3 is 0 Å². The molecule has 1 aliphatic rings. The Labute approximate surface area is 88.1 Å².